The highest BCUT2D eigenvalue weighted by atomic mass is 14.4. The van der Waals surface area contributed by atoms with E-state index in [0.29, 0.717) is 12.1 Å². The molecule has 0 fully saturated rings. The third-order valence-corrected chi connectivity index (χ3v) is 0.749. The number of nitrogens with one attached hydrogen (secondary N) is 1. The minimum Gasteiger partial charge on any atom is -0.304 e. The summed E-state index contributed by atoms with van der Waals surface area (Å²) in [6.45, 7) is 0. The largest absolute Gasteiger partial charge is 0.304 e. The fraction of sp³-hybridized carbons (Fsp3) is 0.167. The average molecular weight is 91.1 g/mol. The second-order valence-electron chi connectivity index (χ2n) is 1.36. The molecule has 7 heavy (non-hydrogen) atoms. The minimum absolute atomic E-state index is 0.610. The second kappa shape index (κ2) is 1.61. The SMILES string of the molecule is N=C1C=CC#CC1. The average Bonchev–Trinajstić information content (AvgIpc) is 1.69. The van der Waals surface area contributed by atoms with Gasteiger partial charge in [0, 0.05) is 5.71 Å². The van der Waals surface area contributed by atoms with Crippen molar-refractivity contribution >= 4 is 5.71 Å². The van der Waals surface area contributed by atoms with Crippen molar-refractivity contribution in [2.45, 2.75) is 6.42 Å². The minimum atomic E-state index is 0.610. The Morgan fingerprint density at radius 1 is 1.71 bits per heavy atom. The molecule has 34 valence electrons. The molecule has 0 atom stereocenters. The van der Waals surface area contributed by atoms with E-state index < -0.39 is 0 Å². The highest BCUT2D eigenvalue weighted by molar-refractivity contribution is 5.95. The first-order chi connectivity index (χ1) is 3.39. The molecule has 0 aromatic rings. The molecular weight excluding hydrogens is 86.1 g/mol. The van der Waals surface area contributed by atoms with Gasteiger partial charge in [-0.3, -0.25) is 0 Å². The Hall–Kier alpha value is -1.03. The molecule has 0 unspecified atom stereocenters. The van der Waals surface area contributed by atoms with Crippen LogP contribution in [0.5, 0.6) is 0 Å². The van der Waals surface area contributed by atoms with Crippen molar-refractivity contribution in [2.75, 3.05) is 0 Å². The van der Waals surface area contributed by atoms with Crippen LogP contribution in [0.15, 0.2) is 12.2 Å². The van der Waals surface area contributed by atoms with E-state index in [4.69, 9.17) is 5.41 Å². The zero-order valence-corrected chi connectivity index (χ0v) is 3.86. The van der Waals surface area contributed by atoms with Crippen molar-refractivity contribution < 1.29 is 0 Å². The Bertz CT molecular complexity index is 166. The summed E-state index contributed by atoms with van der Waals surface area (Å²) in [7, 11) is 0. The lowest BCUT2D eigenvalue weighted by molar-refractivity contribution is 1.41. The van der Waals surface area contributed by atoms with Crippen LogP contribution in [0.3, 0.4) is 0 Å². The van der Waals surface area contributed by atoms with Crippen molar-refractivity contribution in [3.05, 3.63) is 12.2 Å². The van der Waals surface area contributed by atoms with E-state index >= 15 is 0 Å². The van der Waals surface area contributed by atoms with Gasteiger partial charge >= 0.3 is 0 Å². The highest BCUT2D eigenvalue weighted by Gasteiger charge is 1.86. The van der Waals surface area contributed by atoms with E-state index in [0.717, 1.165) is 0 Å². The molecule has 0 bridgehead atoms. The fourth-order valence-electron chi connectivity index (χ4n) is 0.406. The normalized spacial score (nSPS) is 15.7. The Balaban J connectivity index is 2.76. The lowest BCUT2D eigenvalue weighted by atomic mass is 10.2. The summed E-state index contributed by atoms with van der Waals surface area (Å²) >= 11 is 0. The van der Waals surface area contributed by atoms with Gasteiger partial charge in [-0.15, -0.1) is 0 Å². The van der Waals surface area contributed by atoms with Crippen molar-refractivity contribution in [3.8, 4) is 11.8 Å². The van der Waals surface area contributed by atoms with Crippen molar-refractivity contribution in [1.82, 2.24) is 0 Å². The first-order valence-corrected chi connectivity index (χ1v) is 2.12. The number of rotatable bonds is 0. The van der Waals surface area contributed by atoms with E-state index in [9.17, 15) is 0 Å². The predicted molar refractivity (Wildman–Crippen MR) is 29.3 cm³/mol. The van der Waals surface area contributed by atoms with E-state index in [1.165, 1.54) is 0 Å². The van der Waals surface area contributed by atoms with Crippen LogP contribution in [0.4, 0.5) is 0 Å². The van der Waals surface area contributed by atoms with Gasteiger partial charge in [0.25, 0.3) is 0 Å². The lowest BCUT2D eigenvalue weighted by Crippen LogP contribution is -1.89. The van der Waals surface area contributed by atoms with Crippen molar-refractivity contribution in [1.29, 1.82) is 5.41 Å². The molecule has 1 aliphatic carbocycles. The summed E-state index contributed by atoms with van der Waals surface area (Å²) in [5.41, 5.74) is 0.610. The molecule has 0 amide bonds. The quantitative estimate of drug-likeness (QED) is 0.429. The molecule has 1 heteroatoms. The molecule has 0 spiro atoms. The monoisotopic (exact) mass is 91.0 g/mol. The number of hydrogen-bond acceptors (Lipinski definition) is 1. The van der Waals surface area contributed by atoms with Gasteiger partial charge < -0.3 is 5.41 Å². The Kier molecular flexibility index (Phi) is 0.953. The van der Waals surface area contributed by atoms with E-state index in [1.54, 1.807) is 12.2 Å². The van der Waals surface area contributed by atoms with Crippen LogP contribution in [-0.2, 0) is 0 Å². The Labute approximate surface area is 42.6 Å². The maximum absolute atomic E-state index is 7.00. The summed E-state index contributed by atoms with van der Waals surface area (Å²) in [5.74, 6) is 5.52. The van der Waals surface area contributed by atoms with E-state index in [1.807, 2.05) is 0 Å². The Morgan fingerprint density at radius 2 is 2.57 bits per heavy atom. The second-order valence-corrected chi connectivity index (χ2v) is 1.36. The summed E-state index contributed by atoms with van der Waals surface area (Å²) in [6, 6.07) is 0. The van der Waals surface area contributed by atoms with Crippen LogP contribution in [-0.4, -0.2) is 5.71 Å². The maximum Gasteiger partial charge on any atom is 0.0510 e. The van der Waals surface area contributed by atoms with Gasteiger partial charge in [0.1, 0.15) is 0 Å². The molecule has 1 aliphatic rings. The zero-order chi connectivity index (χ0) is 5.11. The number of allylic oxidation sites excluding steroid dienone is 2. The van der Waals surface area contributed by atoms with Gasteiger partial charge in [-0.25, -0.2) is 0 Å². The molecule has 0 heterocycles. The zero-order valence-electron chi connectivity index (χ0n) is 3.86. The van der Waals surface area contributed by atoms with Crippen LogP contribution < -0.4 is 0 Å². The standard InChI is InChI=1S/C6H5N/c7-6-4-2-1-3-5-6/h2,4,7H,5H2. The summed E-state index contributed by atoms with van der Waals surface area (Å²) in [6.07, 6.45) is 4.04. The summed E-state index contributed by atoms with van der Waals surface area (Å²) in [5, 5.41) is 7.00. The number of hydrogen-bond donors (Lipinski definition) is 1. The van der Waals surface area contributed by atoms with Crippen LogP contribution in [0.1, 0.15) is 6.42 Å². The molecule has 1 nitrogen and oxygen atoms in total. The van der Waals surface area contributed by atoms with E-state index in [2.05, 4.69) is 11.8 Å². The molecule has 0 aliphatic heterocycles. The molecule has 0 aromatic heterocycles. The summed E-state index contributed by atoms with van der Waals surface area (Å²) < 4.78 is 0. The van der Waals surface area contributed by atoms with E-state index in [-0.39, 0.29) is 0 Å². The third kappa shape index (κ3) is 0.902. The van der Waals surface area contributed by atoms with Crippen LogP contribution in [0.2, 0.25) is 0 Å². The van der Waals surface area contributed by atoms with Crippen LogP contribution in [0, 0.1) is 17.3 Å². The first kappa shape index (κ1) is 4.14. The molecule has 0 saturated carbocycles. The molecule has 0 aromatic carbocycles. The molecular formula is C6H5N. The molecule has 1 rings (SSSR count). The van der Waals surface area contributed by atoms with Gasteiger partial charge in [0.05, 0.1) is 6.42 Å². The van der Waals surface area contributed by atoms with Crippen molar-refractivity contribution in [3.63, 3.8) is 0 Å². The summed E-state index contributed by atoms with van der Waals surface area (Å²) in [4.78, 5) is 0. The van der Waals surface area contributed by atoms with Gasteiger partial charge in [0.15, 0.2) is 0 Å². The van der Waals surface area contributed by atoms with Gasteiger partial charge in [0.2, 0.25) is 0 Å². The first-order valence-electron chi connectivity index (χ1n) is 2.12. The lowest BCUT2D eigenvalue weighted by Gasteiger charge is -1.88. The maximum atomic E-state index is 7.00. The molecule has 1 N–H and O–H groups in total. The molecule has 0 radical (unpaired) electrons. The van der Waals surface area contributed by atoms with Gasteiger partial charge in [-0.05, 0) is 12.2 Å². The molecule has 0 saturated heterocycles. The van der Waals surface area contributed by atoms with Crippen molar-refractivity contribution in [2.24, 2.45) is 0 Å². The predicted octanol–water partition coefficient (Wildman–Crippen LogP) is 0.969. The van der Waals surface area contributed by atoms with Gasteiger partial charge in [-0.1, -0.05) is 11.8 Å². The smallest absolute Gasteiger partial charge is 0.0510 e. The fourth-order valence-corrected chi connectivity index (χ4v) is 0.406. The third-order valence-electron chi connectivity index (χ3n) is 0.749. The van der Waals surface area contributed by atoms with Gasteiger partial charge in [-0.2, -0.15) is 0 Å². The van der Waals surface area contributed by atoms with Crippen LogP contribution >= 0.6 is 0 Å². The Morgan fingerprint density at radius 3 is 2.86 bits per heavy atom. The topological polar surface area (TPSA) is 23.9 Å². The van der Waals surface area contributed by atoms with Crippen LogP contribution in [0.25, 0.3) is 0 Å². The highest BCUT2D eigenvalue weighted by Crippen LogP contribution is 1.87.